The van der Waals surface area contributed by atoms with E-state index in [4.69, 9.17) is 5.11 Å². The van der Waals surface area contributed by atoms with Crippen molar-refractivity contribution in [2.45, 2.75) is 31.8 Å². The van der Waals surface area contributed by atoms with Crippen LogP contribution in [-0.2, 0) is 15.0 Å². The van der Waals surface area contributed by atoms with Crippen LogP contribution in [0.1, 0.15) is 19.8 Å². The maximum atomic E-state index is 11.1. The van der Waals surface area contributed by atoms with Gasteiger partial charge in [-0.1, -0.05) is 0 Å². The van der Waals surface area contributed by atoms with Crippen LogP contribution < -0.4 is 9.44 Å². The molecule has 1 rings (SSSR count). The van der Waals surface area contributed by atoms with Gasteiger partial charge < -0.3 is 5.11 Å². The van der Waals surface area contributed by atoms with E-state index in [1.54, 1.807) is 0 Å². The minimum Gasteiger partial charge on any atom is -0.480 e. The van der Waals surface area contributed by atoms with Gasteiger partial charge in [0, 0.05) is 6.04 Å². The van der Waals surface area contributed by atoms with Crippen LogP contribution in [0, 0.1) is 0 Å². The molecule has 7 heteroatoms. The Balaban J connectivity index is 2.45. The molecule has 0 heterocycles. The van der Waals surface area contributed by atoms with Crippen LogP contribution >= 0.6 is 0 Å². The minimum atomic E-state index is -3.64. The summed E-state index contributed by atoms with van der Waals surface area (Å²) in [4.78, 5) is 10.3. The largest absolute Gasteiger partial charge is 0.480 e. The van der Waals surface area contributed by atoms with Gasteiger partial charge in [0.1, 0.15) is 6.04 Å². The lowest BCUT2D eigenvalue weighted by molar-refractivity contribution is -0.138. The maximum Gasteiger partial charge on any atom is 0.321 e. The maximum absolute atomic E-state index is 11.1. The zero-order valence-electron chi connectivity index (χ0n) is 7.15. The van der Waals surface area contributed by atoms with Gasteiger partial charge in [0.05, 0.1) is 0 Å². The van der Waals surface area contributed by atoms with E-state index in [0.29, 0.717) is 0 Å². The highest BCUT2D eigenvalue weighted by atomic mass is 32.2. The second-order valence-corrected chi connectivity index (χ2v) is 4.55. The lowest BCUT2D eigenvalue weighted by Crippen LogP contribution is -2.45. The van der Waals surface area contributed by atoms with E-state index in [1.165, 1.54) is 6.92 Å². The van der Waals surface area contributed by atoms with Crippen molar-refractivity contribution in [3.05, 3.63) is 0 Å². The molecule has 0 spiro atoms. The molecule has 0 bridgehead atoms. The Hall–Kier alpha value is -0.660. The topological polar surface area (TPSA) is 95.5 Å². The molecule has 0 aromatic heterocycles. The van der Waals surface area contributed by atoms with Gasteiger partial charge in [-0.25, -0.2) is 0 Å². The highest BCUT2D eigenvalue weighted by Gasteiger charge is 2.28. The predicted molar refractivity (Wildman–Crippen MR) is 45.3 cm³/mol. The summed E-state index contributed by atoms with van der Waals surface area (Å²) in [7, 11) is -3.64. The first-order valence-corrected chi connectivity index (χ1v) is 5.41. The van der Waals surface area contributed by atoms with E-state index in [9.17, 15) is 13.2 Å². The van der Waals surface area contributed by atoms with Crippen molar-refractivity contribution in [1.82, 2.24) is 9.44 Å². The molecule has 1 fully saturated rings. The first-order chi connectivity index (χ1) is 5.91. The van der Waals surface area contributed by atoms with E-state index >= 15 is 0 Å². The monoisotopic (exact) mass is 208 g/mol. The Kier molecular flexibility index (Phi) is 2.89. The highest BCUT2D eigenvalue weighted by Crippen LogP contribution is 2.19. The molecule has 0 aromatic rings. The zero-order chi connectivity index (χ0) is 10.1. The fourth-order valence-electron chi connectivity index (χ4n) is 0.738. The number of hydrogen-bond acceptors (Lipinski definition) is 3. The molecule has 3 N–H and O–H groups in total. The summed E-state index contributed by atoms with van der Waals surface area (Å²) in [6.45, 7) is 1.27. The molecule has 0 aliphatic heterocycles. The fraction of sp³-hybridized carbons (Fsp3) is 0.833. The normalized spacial score (nSPS) is 19.8. The molecule has 6 nitrogen and oxygen atoms in total. The Morgan fingerprint density at radius 1 is 1.54 bits per heavy atom. The molecule has 0 saturated heterocycles. The summed E-state index contributed by atoms with van der Waals surface area (Å²) >= 11 is 0. The van der Waals surface area contributed by atoms with E-state index in [-0.39, 0.29) is 6.04 Å². The van der Waals surface area contributed by atoms with Gasteiger partial charge in [-0.15, -0.1) is 0 Å². The smallest absolute Gasteiger partial charge is 0.321 e. The number of carbonyl (C=O) groups is 1. The summed E-state index contributed by atoms with van der Waals surface area (Å²) in [6, 6.07) is -1.12. The van der Waals surface area contributed by atoms with Crippen molar-refractivity contribution in [2.75, 3.05) is 0 Å². The van der Waals surface area contributed by atoms with Crippen LogP contribution in [-0.4, -0.2) is 31.6 Å². The second kappa shape index (κ2) is 3.60. The van der Waals surface area contributed by atoms with E-state index < -0.39 is 22.2 Å². The summed E-state index contributed by atoms with van der Waals surface area (Å²) in [6.07, 6.45) is 1.64. The Morgan fingerprint density at radius 2 is 2.08 bits per heavy atom. The molecule has 1 aliphatic carbocycles. The minimum absolute atomic E-state index is 0.0153. The zero-order valence-corrected chi connectivity index (χ0v) is 7.97. The van der Waals surface area contributed by atoms with Crippen LogP contribution in [0.2, 0.25) is 0 Å². The number of aliphatic carboxylic acids is 1. The van der Waals surface area contributed by atoms with Crippen molar-refractivity contribution in [3.63, 3.8) is 0 Å². The Morgan fingerprint density at radius 3 is 2.46 bits per heavy atom. The quantitative estimate of drug-likeness (QED) is 0.542. The van der Waals surface area contributed by atoms with E-state index in [1.807, 2.05) is 4.72 Å². The number of rotatable bonds is 5. The molecule has 0 aromatic carbocycles. The van der Waals surface area contributed by atoms with Gasteiger partial charge in [-0.2, -0.15) is 17.9 Å². The van der Waals surface area contributed by atoms with Crippen LogP contribution in [0.15, 0.2) is 0 Å². The van der Waals surface area contributed by atoms with Crippen molar-refractivity contribution in [3.8, 4) is 0 Å². The average Bonchev–Trinajstić information content (AvgIpc) is 2.69. The molecular formula is C6H12N2O4S. The van der Waals surface area contributed by atoms with Gasteiger partial charge in [0.2, 0.25) is 0 Å². The molecule has 1 atom stereocenters. The summed E-state index contributed by atoms with van der Waals surface area (Å²) in [5, 5.41) is 8.44. The van der Waals surface area contributed by atoms with Crippen LogP contribution in [0.25, 0.3) is 0 Å². The first kappa shape index (κ1) is 10.4. The number of carboxylic acid groups (broad SMARTS) is 1. The molecule has 0 radical (unpaired) electrons. The molecule has 13 heavy (non-hydrogen) atoms. The van der Waals surface area contributed by atoms with Crippen molar-refractivity contribution in [2.24, 2.45) is 0 Å². The SMILES string of the molecule is CC(NS(=O)(=O)NC1CC1)C(=O)O. The fourth-order valence-corrected chi connectivity index (χ4v) is 2.05. The molecule has 0 amide bonds. The van der Waals surface area contributed by atoms with Crippen LogP contribution in [0.3, 0.4) is 0 Å². The van der Waals surface area contributed by atoms with Gasteiger partial charge in [0.25, 0.3) is 10.2 Å². The molecule has 1 saturated carbocycles. The van der Waals surface area contributed by atoms with E-state index in [2.05, 4.69) is 4.72 Å². The molecule has 76 valence electrons. The van der Waals surface area contributed by atoms with Gasteiger partial charge in [0.15, 0.2) is 0 Å². The number of nitrogens with one attached hydrogen (secondary N) is 2. The first-order valence-electron chi connectivity index (χ1n) is 3.93. The van der Waals surface area contributed by atoms with Gasteiger partial charge in [-0.3, -0.25) is 4.79 Å². The van der Waals surface area contributed by atoms with Crippen LogP contribution in [0.4, 0.5) is 0 Å². The molecule has 1 aliphatic rings. The lowest BCUT2D eigenvalue weighted by Gasteiger charge is -2.09. The molecular weight excluding hydrogens is 196 g/mol. The van der Waals surface area contributed by atoms with Crippen molar-refractivity contribution < 1.29 is 18.3 Å². The third-order valence-corrected chi connectivity index (χ3v) is 2.91. The van der Waals surface area contributed by atoms with Crippen molar-refractivity contribution in [1.29, 1.82) is 0 Å². The Labute approximate surface area is 76.5 Å². The van der Waals surface area contributed by atoms with E-state index in [0.717, 1.165) is 12.8 Å². The van der Waals surface area contributed by atoms with Crippen LogP contribution in [0.5, 0.6) is 0 Å². The second-order valence-electron chi connectivity index (χ2n) is 3.07. The summed E-state index contributed by atoms with van der Waals surface area (Å²) < 4.78 is 26.5. The van der Waals surface area contributed by atoms with Gasteiger partial charge in [-0.05, 0) is 19.8 Å². The number of hydrogen-bond donors (Lipinski definition) is 3. The summed E-state index contributed by atoms with van der Waals surface area (Å²) in [5.41, 5.74) is 0. The predicted octanol–water partition coefficient (Wildman–Crippen LogP) is -0.954. The third-order valence-electron chi connectivity index (χ3n) is 1.60. The Bertz CT molecular complexity index is 296. The highest BCUT2D eigenvalue weighted by molar-refractivity contribution is 7.87. The number of carboxylic acids is 1. The summed E-state index contributed by atoms with van der Waals surface area (Å²) in [5.74, 6) is -1.19. The van der Waals surface area contributed by atoms with Gasteiger partial charge >= 0.3 is 5.97 Å². The standard InChI is InChI=1S/C6H12N2O4S/c1-4(6(9)10)7-13(11,12)8-5-2-3-5/h4-5,7-8H,2-3H2,1H3,(H,9,10). The third kappa shape index (κ3) is 3.71. The van der Waals surface area contributed by atoms with Crippen molar-refractivity contribution >= 4 is 16.2 Å². The average molecular weight is 208 g/mol. The molecule has 1 unspecified atom stereocenters. The lowest BCUT2D eigenvalue weighted by atomic mass is 10.4.